The van der Waals surface area contributed by atoms with Crippen LogP contribution in [0.1, 0.15) is 38.5 Å². The highest BCUT2D eigenvalue weighted by atomic mass is 79.9. The average Bonchev–Trinajstić information content (AvgIpc) is 2.41. The third-order valence-electron chi connectivity index (χ3n) is 4.31. The van der Waals surface area contributed by atoms with Crippen LogP contribution in [0.25, 0.3) is 0 Å². The fourth-order valence-corrected chi connectivity index (χ4v) is 3.89. The first kappa shape index (κ1) is 12.2. The molecule has 5 heteroatoms. The molecule has 0 bridgehead atoms. The average molecular weight is 311 g/mol. The van der Waals surface area contributed by atoms with E-state index in [1.54, 1.807) is 6.33 Å². The Morgan fingerprint density at radius 2 is 1.94 bits per heavy atom. The van der Waals surface area contributed by atoms with E-state index in [1.807, 2.05) is 0 Å². The summed E-state index contributed by atoms with van der Waals surface area (Å²) in [5.74, 6) is 2.37. The van der Waals surface area contributed by atoms with Crippen molar-refractivity contribution < 1.29 is 0 Å². The van der Waals surface area contributed by atoms with Gasteiger partial charge in [0.2, 0.25) is 0 Å². The van der Waals surface area contributed by atoms with Crippen LogP contribution in [-0.2, 0) is 0 Å². The van der Waals surface area contributed by atoms with E-state index < -0.39 is 0 Å². The van der Waals surface area contributed by atoms with Crippen molar-refractivity contribution in [3.63, 3.8) is 0 Å². The van der Waals surface area contributed by atoms with E-state index in [4.69, 9.17) is 5.73 Å². The van der Waals surface area contributed by atoms with Gasteiger partial charge in [-0.25, -0.2) is 9.97 Å². The Morgan fingerprint density at radius 3 is 2.83 bits per heavy atom. The van der Waals surface area contributed by atoms with E-state index in [9.17, 15) is 0 Å². The van der Waals surface area contributed by atoms with Crippen molar-refractivity contribution in [3.8, 4) is 0 Å². The molecule has 18 heavy (non-hydrogen) atoms. The second-order valence-corrected chi connectivity index (χ2v) is 6.14. The summed E-state index contributed by atoms with van der Waals surface area (Å²) in [5, 5.41) is 0. The molecule has 2 N–H and O–H groups in total. The van der Waals surface area contributed by atoms with Gasteiger partial charge in [-0.2, -0.15) is 0 Å². The maximum atomic E-state index is 5.87. The SMILES string of the molecule is Nc1ncnc(N2CCCC3CCCCC32)c1Br. The normalized spacial score (nSPS) is 27.9. The van der Waals surface area contributed by atoms with Crippen molar-refractivity contribution in [2.75, 3.05) is 17.2 Å². The zero-order valence-corrected chi connectivity index (χ0v) is 12.1. The molecule has 1 saturated heterocycles. The molecule has 0 spiro atoms. The van der Waals surface area contributed by atoms with Gasteiger partial charge >= 0.3 is 0 Å². The van der Waals surface area contributed by atoms with Crippen LogP contribution in [-0.4, -0.2) is 22.6 Å². The molecule has 1 saturated carbocycles. The molecule has 2 heterocycles. The Hall–Kier alpha value is -0.840. The Balaban J connectivity index is 1.92. The molecule has 2 fully saturated rings. The number of halogens is 1. The van der Waals surface area contributed by atoms with Crippen LogP contribution in [0.3, 0.4) is 0 Å². The summed E-state index contributed by atoms with van der Waals surface area (Å²) in [7, 11) is 0. The van der Waals surface area contributed by atoms with Crippen LogP contribution in [0, 0.1) is 5.92 Å². The number of hydrogen-bond donors (Lipinski definition) is 1. The lowest BCUT2D eigenvalue weighted by Crippen LogP contribution is -2.47. The van der Waals surface area contributed by atoms with Crippen molar-refractivity contribution in [1.82, 2.24) is 9.97 Å². The number of aromatic nitrogens is 2. The number of nitrogen functional groups attached to an aromatic ring is 1. The lowest BCUT2D eigenvalue weighted by atomic mass is 9.78. The maximum absolute atomic E-state index is 5.87. The van der Waals surface area contributed by atoms with Gasteiger partial charge in [-0.05, 0) is 47.5 Å². The molecule has 2 aliphatic rings. The summed E-state index contributed by atoms with van der Waals surface area (Å²) in [4.78, 5) is 10.9. The zero-order valence-electron chi connectivity index (χ0n) is 10.5. The molecular weight excluding hydrogens is 292 g/mol. The second-order valence-electron chi connectivity index (χ2n) is 5.34. The first-order valence-corrected chi connectivity index (χ1v) is 7.59. The van der Waals surface area contributed by atoms with E-state index in [0.29, 0.717) is 11.9 Å². The van der Waals surface area contributed by atoms with Crippen LogP contribution >= 0.6 is 15.9 Å². The van der Waals surface area contributed by atoms with Crippen molar-refractivity contribution in [2.45, 2.75) is 44.6 Å². The maximum Gasteiger partial charge on any atom is 0.148 e. The highest BCUT2D eigenvalue weighted by Gasteiger charge is 2.34. The minimum Gasteiger partial charge on any atom is -0.383 e. The highest BCUT2D eigenvalue weighted by Crippen LogP contribution is 2.39. The van der Waals surface area contributed by atoms with Gasteiger partial charge in [-0.3, -0.25) is 0 Å². The number of fused-ring (bicyclic) bond motifs is 1. The van der Waals surface area contributed by atoms with E-state index in [1.165, 1.54) is 38.5 Å². The molecule has 3 rings (SSSR count). The van der Waals surface area contributed by atoms with Crippen molar-refractivity contribution in [2.24, 2.45) is 5.92 Å². The number of rotatable bonds is 1. The lowest BCUT2D eigenvalue weighted by molar-refractivity contribution is 0.242. The number of piperidine rings is 1. The van der Waals surface area contributed by atoms with E-state index in [0.717, 1.165) is 22.8 Å². The monoisotopic (exact) mass is 310 g/mol. The zero-order chi connectivity index (χ0) is 12.5. The topological polar surface area (TPSA) is 55.0 Å². The van der Waals surface area contributed by atoms with Gasteiger partial charge in [0.15, 0.2) is 0 Å². The number of hydrogen-bond acceptors (Lipinski definition) is 4. The van der Waals surface area contributed by atoms with E-state index in [-0.39, 0.29) is 0 Å². The summed E-state index contributed by atoms with van der Waals surface area (Å²) in [6, 6.07) is 0.651. The molecule has 0 aromatic carbocycles. The summed E-state index contributed by atoms with van der Waals surface area (Å²) < 4.78 is 0.858. The van der Waals surface area contributed by atoms with Gasteiger partial charge in [0.05, 0.1) is 0 Å². The van der Waals surface area contributed by atoms with Crippen LogP contribution in [0.2, 0.25) is 0 Å². The van der Waals surface area contributed by atoms with E-state index >= 15 is 0 Å². The molecule has 1 aromatic rings. The number of anilines is 2. The fraction of sp³-hybridized carbons (Fsp3) is 0.692. The van der Waals surface area contributed by atoms with Gasteiger partial charge in [-0.1, -0.05) is 12.8 Å². The molecule has 98 valence electrons. The van der Waals surface area contributed by atoms with Gasteiger partial charge in [0.1, 0.15) is 22.4 Å². The lowest BCUT2D eigenvalue weighted by Gasteiger charge is -2.45. The summed E-state index contributed by atoms with van der Waals surface area (Å²) >= 11 is 3.54. The van der Waals surface area contributed by atoms with Gasteiger partial charge < -0.3 is 10.6 Å². The Labute approximate surface area is 116 Å². The summed E-state index contributed by atoms with van der Waals surface area (Å²) in [6.45, 7) is 1.09. The third kappa shape index (κ3) is 2.09. The molecule has 0 radical (unpaired) electrons. The first-order valence-electron chi connectivity index (χ1n) is 6.80. The van der Waals surface area contributed by atoms with Crippen LogP contribution in [0.4, 0.5) is 11.6 Å². The van der Waals surface area contributed by atoms with Crippen LogP contribution in [0.5, 0.6) is 0 Å². The van der Waals surface area contributed by atoms with Crippen LogP contribution < -0.4 is 10.6 Å². The Bertz CT molecular complexity index is 435. The second kappa shape index (κ2) is 5.03. The van der Waals surface area contributed by atoms with Crippen LogP contribution in [0.15, 0.2) is 10.8 Å². The molecule has 1 aliphatic heterocycles. The van der Waals surface area contributed by atoms with Gasteiger partial charge in [-0.15, -0.1) is 0 Å². The van der Waals surface area contributed by atoms with Crippen molar-refractivity contribution in [3.05, 3.63) is 10.8 Å². The minimum absolute atomic E-state index is 0.540. The summed E-state index contributed by atoms with van der Waals surface area (Å²) in [6.07, 6.45) is 9.61. The molecule has 2 unspecified atom stereocenters. The Morgan fingerprint density at radius 1 is 1.17 bits per heavy atom. The largest absolute Gasteiger partial charge is 0.383 e. The van der Waals surface area contributed by atoms with Crippen molar-refractivity contribution in [1.29, 1.82) is 0 Å². The number of nitrogens with zero attached hydrogens (tertiary/aromatic N) is 3. The molecule has 0 amide bonds. The molecule has 4 nitrogen and oxygen atoms in total. The first-order chi connectivity index (χ1) is 8.77. The third-order valence-corrected chi connectivity index (χ3v) is 5.07. The quantitative estimate of drug-likeness (QED) is 0.866. The fourth-order valence-electron chi connectivity index (χ4n) is 3.46. The smallest absolute Gasteiger partial charge is 0.148 e. The van der Waals surface area contributed by atoms with E-state index in [2.05, 4.69) is 30.8 Å². The summed E-state index contributed by atoms with van der Waals surface area (Å²) in [5.41, 5.74) is 5.87. The molecule has 1 aromatic heterocycles. The minimum atomic E-state index is 0.540. The molecule has 2 atom stereocenters. The Kier molecular flexibility index (Phi) is 3.41. The highest BCUT2D eigenvalue weighted by molar-refractivity contribution is 9.10. The standard InChI is InChI=1S/C13H19BrN4/c14-11-12(15)16-8-17-13(11)18-7-3-5-9-4-1-2-6-10(9)18/h8-10H,1-7H2,(H2,15,16,17). The molecule has 1 aliphatic carbocycles. The predicted octanol–water partition coefficient (Wildman–Crippen LogP) is 2.98. The molecular formula is C13H19BrN4. The van der Waals surface area contributed by atoms with Gasteiger partial charge in [0.25, 0.3) is 0 Å². The number of nitrogens with two attached hydrogens (primary N) is 1. The predicted molar refractivity (Wildman–Crippen MR) is 76.5 cm³/mol. The van der Waals surface area contributed by atoms with Crippen molar-refractivity contribution >= 4 is 27.6 Å². The van der Waals surface area contributed by atoms with Gasteiger partial charge in [0, 0.05) is 12.6 Å².